The monoisotopic (exact) mass is 1840 g/mol. The lowest BCUT2D eigenvalue weighted by Crippen LogP contribution is -2.51. The molecule has 698 valence electrons. The minimum Gasteiger partial charge on any atom is -0.507 e. The summed E-state index contributed by atoms with van der Waals surface area (Å²) in [7, 11) is -5.50. The summed E-state index contributed by atoms with van der Waals surface area (Å²) in [5.41, 5.74) is 4.51. The molecule has 4 fully saturated rings. The molecule has 32 nitrogen and oxygen atoms in total. The number of carboxylic acid groups (broad SMARTS) is 1. The summed E-state index contributed by atoms with van der Waals surface area (Å²) in [4.78, 5) is 106. The third-order valence-corrected chi connectivity index (χ3v) is 36.5. The number of phenols is 4. The number of phenolic OH excluding ortho intramolecular Hbond substituents is 4. The second kappa shape index (κ2) is 52.2. The van der Waals surface area contributed by atoms with Crippen molar-refractivity contribution in [2.24, 2.45) is 0 Å². The number of carbonyl (C=O) groups is 7. The maximum absolute atomic E-state index is 13.6. The number of aromatic nitrogens is 4. The molecule has 3 amide bonds. The number of halogens is 1. The lowest BCUT2D eigenvalue weighted by atomic mass is 10.1. The van der Waals surface area contributed by atoms with Gasteiger partial charge in [0.1, 0.15) is 47.7 Å². The standard InChI is InChI=1S/C26H36N2O6Si.C20H22N2O6.C19H32N2O4Si.C14H23NO3Si.C7H6O3.C5H11NO2.ClH/c1-26(2,3)35(4,5)34-14-11-22-20(8-7-12-27-22)25(31)28-13-15-32-17-19(28)18-33-24-10-6-9-23(30)21(24)16-29;23-9-6-17-15(3-2-7-21-17)20(26)22-8-10-27-12-14(22)13-28-19-5-1-4-18(25)16(19)11-24;1-19(2,3)26(4,5)25-11-8-17-16(7-6-9-20-17)18(23)21-10-12-24-14-15(21)13-22;1-14(2,3)19(4,5)18-10-8-12-11(13(16)17)7-6-9-15-12;8-4-5-6(9)2-1-3-7(5)10;7-3-5-4-8-2-1-6-5;/h6-10,12,16,19,30H,11,13-15,17-18H2,1-5H3;1-5,7,11,14,23,25H,6,8-10,12-13H2;6-7,9,15,22H,8,10-14H2,1-5H3;6-7,9H,8,10H2,1-5H3,(H,16,17);1-4,9-10H;5-7H,1-4H2;1H/t19-;14-;15-;;;5-;/m110..0./s1. The first kappa shape index (κ1) is 108. The number of aliphatic hydroxyl groups excluding tert-OH is 3. The van der Waals surface area contributed by atoms with E-state index in [9.17, 15) is 54.0 Å². The number of pyridine rings is 4. The SMILES string of the molecule is CC(C)(C)[Si](C)(C)OCCc1ncccc1C(=O)N1CCOC[C@@H]1CO.CC(C)(C)[Si](C)(C)OCCc1ncccc1C(=O)N1CCOC[C@@H]1COc1cccc(O)c1C=O.CC(C)(C)[Si](C)(C)OCCc1ncccc1C(=O)O.Cl.O=Cc1c(O)cccc1O.O=Cc1c(O)cccc1OC[C@H]1COCCN1C(=O)c1cccnc1CCO.OC[C@H]1COCCN1. The van der Waals surface area contributed by atoms with Crippen LogP contribution in [0, 0.1) is 0 Å². The van der Waals surface area contributed by atoms with Crippen LogP contribution in [0.5, 0.6) is 34.5 Å². The number of morpholine rings is 4. The van der Waals surface area contributed by atoms with Gasteiger partial charge in [-0.05, 0) is 139 Å². The Bertz CT molecular complexity index is 4600. The number of nitrogens with one attached hydrogen (secondary N) is 1. The number of benzene rings is 3. The summed E-state index contributed by atoms with van der Waals surface area (Å²) in [5.74, 6) is -1.57. The van der Waals surface area contributed by atoms with Gasteiger partial charge in [-0.15, -0.1) is 12.4 Å². The van der Waals surface area contributed by atoms with E-state index in [4.69, 9.17) is 62.1 Å². The van der Waals surface area contributed by atoms with E-state index in [2.05, 4.69) is 127 Å². The van der Waals surface area contributed by atoms with Crippen molar-refractivity contribution < 1.29 is 116 Å². The van der Waals surface area contributed by atoms with Crippen molar-refractivity contribution in [2.75, 3.05) is 132 Å². The van der Waals surface area contributed by atoms with Crippen LogP contribution in [0.2, 0.25) is 54.4 Å². The van der Waals surface area contributed by atoms with Gasteiger partial charge in [0.25, 0.3) is 17.7 Å². The molecule has 4 atom stereocenters. The molecular weight excluding hydrogens is 1710 g/mol. The zero-order chi connectivity index (χ0) is 93.0. The zero-order valence-corrected chi connectivity index (χ0v) is 79.6. The van der Waals surface area contributed by atoms with Gasteiger partial charge in [-0.25, -0.2) is 4.79 Å². The Hall–Kier alpha value is -9.55. The van der Waals surface area contributed by atoms with Crippen molar-refractivity contribution in [1.29, 1.82) is 0 Å². The van der Waals surface area contributed by atoms with Crippen LogP contribution in [-0.4, -0.2) is 299 Å². The van der Waals surface area contributed by atoms with Crippen LogP contribution in [0.25, 0.3) is 0 Å². The lowest BCUT2D eigenvalue weighted by molar-refractivity contribution is -0.0184. The molecule has 127 heavy (non-hydrogen) atoms. The molecule has 11 rings (SSSR count). The second-order valence-corrected chi connectivity index (χ2v) is 49.1. The van der Waals surface area contributed by atoms with E-state index in [0.717, 1.165) is 18.8 Å². The fraction of sp³-hybridized carbons (Fsp3) is 0.505. The molecule has 4 aliphatic heterocycles. The third kappa shape index (κ3) is 32.6. The molecule has 4 saturated heterocycles. The molecule has 0 aliphatic carbocycles. The summed E-state index contributed by atoms with van der Waals surface area (Å²) in [5, 5.41) is 77.4. The van der Waals surface area contributed by atoms with E-state index in [1.807, 2.05) is 0 Å². The number of nitrogens with zero attached hydrogens (tertiary/aromatic N) is 7. The quantitative estimate of drug-likeness (QED) is 0.0155. The highest BCUT2D eigenvalue weighted by Crippen LogP contribution is 2.39. The molecule has 0 radical (unpaired) electrons. The number of rotatable bonds is 29. The summed E-state index contributed by atoms with van der Waals surface area (Å²) in [6.45, 7) is 40.7. The van der Waals surface area contributed by atoms with Crippen LogP contribution in [0.4, 0.5) is 0 Å². The van der Waals surface area contributed by atoms with E-state index in [1.165, 1.54) is 30.3 Å². The Morgan fingerprint density at radius 1 is 0.433 bits per heavy atom. The minimum absolute atomic E-state index is 0. The molecule has 8 heterocycles. The molecule has 0 spiro atoms. The number of aromatic hydroxyl groups is 4. The molecule has 3 aromatic carbocycles. The maximum Gasteiger partial charge on any atom is 0.337 e. The number of aromatic carboxylic acids is 1. The summed E-state index contributed by atoms with van der Waals surface area (Å²) in [6, 6.07) is 26.2. The number of hydrogen-bond donors (Lipinski definition) is 9. The van der Waals surface area contributed by atoms with Gasteiger partial charge in [0.2, 0.25) is 0 Å². The molecule has 0 unspecified atom stereocenters. The molecule has 9 N–H and O–H groups in total. The first-order valence-electron chi connectivity index (χ1n) is 42.2. The largest absolute Gasteiger partial charge is 0.507 e. The number of ether oxygens (including phenoxy) is 6. The molecule has 4 aliphatic rings. The highest BCUT2D eigenvalue weighted by molar-refractivity contribution is 6.75. The fourth-order valence-corrected chi connectivity index (χ4v) is 15.4. The van der Waals surface area contributed by atoms with Gasteiger partial charge in [0.15, 0.2) is 43.8 Å². The normalized spacial score (nSPS) is 16.6. The fourth-order valence-electron chi connectivity index (χ4n) is 12.3. The van der Waals surface area contributed by atoms with Crippen LogP contribution in [0.1, 0.15) is 158 Å². The Morgan fingerprint density at radius 2 is 0.748 bits per heavy atom. The Labute approximate surface area is 754 Å². The molecule has 0 saturated carbocycles. The van der Waals surface area contributed by atoms with Crippen LogP contribution in [-0.2, 0) is 57.9 Å². The van der Waals surface area contributed by atoms with Crippen LogP contribution in [0.15, 0.2) is 128 Å². The molecule has 4 aromatic heterocycles. The van der Waals surface area contributed by atoms with E-state index in [0.29, 0.717) is 157 Å². The average molecular weight is 1840 g/mol. The lowest BCUT2D eigenvalue weighted by Gasteiger charge is -2.36. The van der Waals surface area contributed by atoms with E-state index in [-0.39, 0.29) is 166 Å². The number of amides is 3. The van der Waals surface area contributed by atoms with Gasteiger partial charge in [-0.1, -0.05) is 80.5 Å². The topological polar surface area (TPSA) is 438 Å². The minimum atomic E-state index is -1.90. The maximum atomic E-state index is 13.6. The molecular formula is C91H131ClN8O24Si3. The Balaban J connectivity index is 0.000000284. The van der Waals surface area contributed by atoms with Crippen LogP contribution < -0.4 is 14.8 Å². The Kier molecular flexibility index (Phi) is 44.4. The summed E-state index contributed by atoms with van der Waals surface area (Å²) >= 11 is 0. The number of aliphatic hydroxyl groups is 3. The highest BCUT2D eigenvalue weighted by Gasteiger charge is 2.41. The predicted octanol–water partition coefficient (Wildman–Crippen LogP) is 11.3. The zero-order valence-electron chi connectivity index (χ0n) is 75.8. The number of carbonyl (C=O) groups excluding carboxylic acids is 6. The second-order valence-electron chi connectivity index (χ2n) is 34.7. The van der Waals surface area contributed by atoms with Crippen molar-refractivity contribution in [2.45, 2.75) is 167 Å². The summed E-state index contributed by atoms with van der Waals surface area (Å²) < 4.78 is 51.7. The highest BCUT2D eigenvalue weighted by atomic mass is 35.5. The van der Waals surface area contributed by atoms with Crippen molar-refractivity contribution >= 4 is 79.9 Å². The third-order valence-electron chi connectivity index (χ3n) is 22.9. The van der Waals surface area contributed by atoms with Crippen molar-refractivity contribution in [3.63, 3.8) is 0 Å². The first-order valence-corrected chi connectivity index (χ1v) is 50.9. The van der Waals surface area contributed by atoms with Crippen molar-refractivity contribution in [1.82, 2.24) is 40.0 Å². The number of carboxylic acids is 1. The molecule has 7 aromatic rings. The van der Waals surface area contributed by atoms with E-state index >= 15 is 0 Å². The number of aldehydes is 3. The van der Waals surface area contributed by atoms with Gasteiger partial charge < -0.3 is 103 Å². The van der Waals surface area contributed by atoms with E-state index < -0.39 is 30.9 Å². The van der Waals surface area contributed by atoms with Crippen LogP contribution in [0.3, 0.4) is 0 Å². The first-order chi connectivity index (χ1) is 59.7. The summed E-state index contributed by atoms with van der Waals surface area (Å²) in [6.07, 6.45) is 10.1. The number of hydrogen-bond acceptors (Lipinski definition) is 28. The van der Waals surface area contributed by atoms with E-state index in [1.54, 1.807) is 112 Å². The van der Waals surface area contributed by atoms with Gasteiger partial charge >= 0.3 is 5.97 Å². The average Bonchev–Trinajstić information content (AvgIpc) is 0.800. The predicted molar refractivity (Wildman–Crippen MR) is 489 cm³/mol. The van der Waals surface area contributed by atoms with Gasteiger partial charge in [0.05, 0.1) is 152 Å². The Morgan fingerprint density at radius 3 is 1.05 bits per heavy atom. The van der Waals surface area contributed by atoms with Crippen molar-refractivity contribution in [3.05, 3.63) is 190 Å². The molecule has 36 heteroatoms. The smallest absolute Gasteiger partial charge is 0.337 e. The van der Waals surface area contributed by atoms with Crippen LogP contribution >= 0.6 is 12.4 Å². The van der Waals surface area contributed by atoms with Gasteiger partial charge in [-0.3, -0.25) is 48.7 Å². The van der Waals surface area contributed by atoms with Gasteiger partial charge in [-0.2, -0.15) is 0 Å². The van der Waals surface area contributed by atoms with Crippen molar-refractivity contribution in [3.8, 4) is 34.5 Å². The van der Waals surface area contributed by atoms with Gasteiger partial charge in [0, 0.05) is 103 Å². The molecule has 0 bridgehead atoms.